The molecule has 5 nitrogen and oxygen atoms in total. The number of aryl methyl sites for hydroxylation is 2. The average Bonchev–Trinajstić information content (AvgIpc) is 3.15. The fourth-order valence-electron chi connectivity index (χ4n) is 2.58. The number of aromatic nitrogens is 4. The van der Waals surface area contributed by atoms with Crippen molar-refractivity contribution in [2.24, 2.45) is 7.05 Å². The quantitative estimate of drug-likeness (QED) is 0.621. The molecule has 0 bridgehead atoms. The minimum absolute atomic E-state index is 0.714. The van der Waals surface area contributed by atoms with Gasteiger partial charge in [0, 0.05) is 36.0 Å². The smallest absolute Gasteiger partial charge is 0.146 e. The third kappa shape index (κ3) is 2.57. The molecule has 0 spiro atoms. The molecule has 3 aromatic heterocycles. The Morgan fingerprint density at radius 3 is 2.65 bits per heavy atom. The van der Waals surface area contributed by atoms with E-state index < -0.39 is 0 Å². The number of nitrogens with zero attached hydrogens (tertiary/aromatic N) is 3. The molecule has 0 aliphatic rings. The molecule has 0 saturated carbocycles. The standard InChI is InChI=1S/C18H16N4O/c1-12-3-5-14(6-4-12)23-15-7-16-17(10-20-18(16)19-9-15)13-8-21-22(2)11-13/h3-11H,1-2H3,(H,19,20). The minimum atomic E-state index is 0.714. The van der Waals surface area contributed by atoms with Gasteiger partial charge in [-0.05, 0) is 25.1 Å². The first-order valence-corrected chi connectivity index (χ1v) is 7.40. The molecular weight excluding hydrogens is 288 g/mol. The summed E-state index contributed by atoms with van der Waals surface area (Å²) in [5, 5.41) is 5.25. The lowest BCUT2D eigenvalue weighted by Gasteiger charge is -2.06. The van der Waals surface area contributed by atoms with Gasteiger partial charge in [-0.2, -0.15) is 5.10 Å². The van der Waals surface area contributed by atoms with Crippen LogP contribution in [0.4, 0.5) is 0 Å². The average molecular weight is 304 g/mol. The van der Waals surface area contributed by atoms with Crippen molar-refractivity contribution in [2.45, 2.75) is 6.92 Å². The van der Waals surface area contributed by atoms with Crippen LogP contribution in [0.1, 0.15) is 5.56 Å². The van der Waals surface area contributed by atoms with E-state index in [1.54, 1.807) is 10.9 Å². The number of hydrogen-bond acceptors (Lipinski definition) is 3. The van der Waals surface area contributed by atoms with Crippen molar-refractivity contribution in [1.29, 1.82) is 0 Å². The van der Waals surface area contributed by atoms with Gasteiger partial charge in [0.15, 0.2) is 0 Å². The molecule has 4 rings (SSSR count). The summed E-state index contributed by atoms with van der Waals surface area (Å²) >= 11 is 0. The van der Waals surface area contributed by atoms with Crippen LogP contribution in [0, 0.1) is 6.92 Å². The number of H-pyrrole nitrogens is 1. The number of rotatable bonds is 3. The van der Waals surface area contributed by atoms with Crippen LogP contribution in [0.15, 0.2) is 55.1 Å². The fourth-order valence-corrected chi connectivity index (χ4v) is 2.58. The molecule has 0 aliphatic carbocycles. The molecule has 1 aromatic carbocycles. The highest BCUT2D eigenvalue weighted by molar-refractivity contribution is 5.93. The molecule has 3 heterocycles. The molecule has 23 heavy (non-hydrogen) atoms. The van der Waals surface area contributed by atoms with E-state index in [0.29, 0.717) is 5.75 Å². The first kappa shape index (κ1) is 13.6. The lowest BCUT2D eigenvalue weighted by molar-refractivity contribution is 0.481. The lowest BCUT2D eigenvalue weighted by atomic mass is 10.1. The SMILES string of the molecule is Cc1ccc(Oc2cnc3[nH]cc(-c4cnn(C)c4)c3c2)cc1. The Kier molecular flexibility index (Phi) is 3.12. The maximum atomic E-state index is 5.91. The number of fused-ring (bicyclic) bond motifs is 1. The van der Waals surface area contributed by atoms with Crippen molar-refractivity contribution < 1.29 is 4.74 Å². The molecule has 0 radical (unpaired) electrons. The Morgan fingerprint density at radius 2 is 1.91 bits per heavy atom. The Bertz CT molecular complexity index is 966. The van der Waals surface area contributed by atoms with E-state index in [4.69, 9.17) is 4.74 Å². The van der Waals surface area contributed by atoms with Gasteiger partial charge in [-0.3, -0.25) is 4.68 Å². The second-order valence-corrected chi connectivity index (χ2v) is 5.59. The van der Waals surface area contributed by atoms with Crippen LogP contribution in [0.3, 0.4) is 0 Å². The number of benzene rings is 1. The topological polar surface area (TPSA) is 55.7 Å². The van der Waals surface area contributed by atoms with Crippen molar-refractivity contribution in [3.63, 3.8) is 0 Å². The molecule has 1 N–H and O–H groups in total. The van der Waals surface area contributed by atoms with E-state index in [9.17, 15) is 0 Å². The van der Waals surface area contributed by atoms with E-state index in [0.717, 1.165) is 27.9 Å². The highest BCUT2D eigenvalue weighted by atomic mass is 16.5. The van der Waals surface area contributed by atoms with Crippen LogP contribution in [-0.4, -0.2) is 19.7 Å². The summed E-state index contributed by atoms with van der Waals surface area (Å²) < 4.78 is 7.70. The van der Waals surface area contributed by atoms with Gasteiger partial charge in [-0.1, -0.05) is 17.7 Å². The Hall–Kier alpha value is -3.08. The molecule has 4 aromatic rings. The normalized spacial score (nSPS) is 11.0. The Labute approximate surface area is 133 Å². The fraction of sp³-hybridized carbons (Fsp3) is 0.111. The predicted molar refractivity (Wildman–Crippen MR) is 89.5 cm³/mol. The number of nitrogens with one attached hydrogen (secondary N) is 1. The second-order valence-electron chi connectivity index (χ2n) is 5.59. The van der Waals surface area contributed by atoms with Gasteiger partial charge in [-0.15, -0.1) is 0 Å². The second kappa shape index (κ2) is 5.28. The predicted octanol–water partition coefficient (Wildman–Crippen LogP) is 4.06. The van der Waals surface area contributed by atoms with Gasteiger partial charge in [0.2, 0.25) is 0 Å². The van der Waals surface area contributed by atoms with Crippen LogP contribution in [-0.2, 0) is 7.05 Å². The summed E-state index contributed by atoms with van der Waals surface area (Å²) in [6.07, 6.45) is 7.50. The molecule has 0 saturated heterocycles. The van der Waals surface area contributed by atoms with Crippen molar-refractivity contribution in [2.75, 3.05) is 0 Å². The molecule has 0 amide bonds. The number of hydrogen-bond donors (Lipinski definition) is 1. The highest BCUT2D eigenvalue weighted by Crippen LogP contribution is 2.31. The van der Waals surface area contributed by atoms with E-state index in [1.807, 2.05) is 56.0 Å². The number of aromatic amines is 1. The maximum absolute atomic E-state index is 5.91. The Morgan fingerprint density at radius 1 is 1.09 bits per heavy atom. The summed E-state index contributed by atoms with van der Waals surface area (Å²) in [6.45, 7) is 2.05. The molecule has 0 unspecified atom stereocenters. The van der Waals surface area contributed by atoms with Gasteiger partial charge in [-0.25, -0.2) is 4.98 Å². The van der Waals surface area contributed by atoms with Crippen LogP contribution >= 0.6 is 0 Å². The van der Waals surface area contributed by atoms with E-state index >= 15 is 0 Å². The molecule has 0 fully saturated rings. The first-order valence-electron chi connectivity index (χ1n) is 7.40. The summed E-state index contributed by atoms with van der Waals surface area (Å²) in [7, 11) is 1.91. The van der Waals surface area contributed by atoms with E-state index in [2.05, 4.69) is 22.0 Å². The lowest BCUT2D eigenvalue weighted by Crippen LogP contribution is -1.86. The van der Waals surface area contributed by atoms with Gasteiger partial charge in [0.25, 0.3) is 0 Å². The third-order valence-electron chi connectivity index (χ3n) is 3.78. The van der Waals surface area contributed by atoms with Crippen LogP contribution in [0.5, 0.6) is 11.5 Å². The van der Waals surface area contributed by atoms with E-state index in [1.165, 1.54) is 5.56 Å². The summed E-state index contributed by atoms with van der Waals surface area (Å²) in [4.78, 5) is 7.63. The van der Waals surface area contributed by atoms with Crippen molar-refractivity contribution >= 4 is 11.0 Å². The highest BCUT2D eigenvalue weighted by Gasteiger charge is 2.10. The van der Waals surface area contributed by atoms with Crippen molar-refractivity contribution in [3.05, 3.63) is 60.7 Å². The molecule has 0 atom stereocenters. The summed E-state index contributed by atoms with van der Waals surface area (Å²) in [5.74, 6) is 1.52. The van der Waals surface area contributed by atoms with Crippen LogP contribution in [0.2, 0.25) is 0 Å². The van der Waals surface area contributed by atoms with Crippen molar-refractivity contribution in [1.82, 2.24) is 19.7 Å². The molecule has 0 aliphatic heterocycles. The largest absolute Gasteiger partial charge is 0.456 e. The monoisotopic (exact) mass is 304 g/mol. The molecular formula is C18H16N4O. The number of ether oxygens (including phenoxy) is 1. The van der Waals surface area contributed by atoms with E-state index in [-0.39, 0.29) is 0 Å². The van der Waals surface area contributed by atoms with Crippen LogP contribution in [0.25, 0.3) is 22.2 Å². The van der Waals surface area contributed by atoms with Crippen molar-refractivity contribution in [3.8, 4) is 22.6 Å². The summed E-state index contributed by atoms with van der Waals surface area (Å²) in [5.41, 5.74) is 4.15. The number of pyridine rings is 1. The van der Waals surface area contributed by atoms with Gasteiger partial charge >= 0.3 is 0 Å². The Balaban J connectivity index is 1.73. The zero-order valence-electron chi connectivity index (χ0n) is 12.9. The molecule has 114 valence electrons. The van der Waals surface area contributed by atoms with Gasteiger partial charge in [0.1, 0.15) is 17.1 Å². The van der Waals surface area contributed by atoms with Gasteiger partial charge < -0.3 is 9.72 Å². The summed E-state index contributed by atoms with van der Waals surface area (Å²) in [6, 6.07) is 9.97. The maximum Gasteiger partial charge on any atom is 0.146 e. The first-order chi connectivity index (χ1) is 11.2. The zero-order chi connectivity index (χ0) is 15.8. The van der Waals surface area contributed by atoms with Crippen LogP contribution < -0.4 is 4.74 Å². The zero-order valence-corrected chi connectivity index (χ0v) is 12.9. The third-order valence-corrected chi connectivity index (χ3v) is 3.78. The molecule has 5 heteroatoms. The van der Waals surface area contributed by atoms with Gasteiger partial charge in [0.05, 0.1) is 12.4 Å². The minimum Gasteiger partial charge on any atom is -0.456 e.